The first-order valence-corrected chi connectivity index (χ1v) is 10.5. The van der Waals surface area contributed by atoms with E-state index in [-0.39, 0.29) is 12.5 Å². The van der Waals surface area contributed by atoms with Gasteiger partial charge >= 0.3 is 0 Å². The number of hydrazone groups is 1. The summed E-state index contributed by atoms with van der Waals surface area (Å²) in [5, 5.41) is 7.80. The number of halogens is 2. The number of hydrogen-bond donors (Lipinski definition) is 2. The summed E-state index contributed by atoms with van der Waals surface area (Å²) in [6, 6.07) is 17.1. The maximum atomic E-state index is 12.3. The summed E-state index contributed by atoms with van der Waals surface area (Å²) in [5.74, 6) is -0.294. The molecule has 2 N–H and O–H groups in total. The molecule has 0 aromatic heterocycles. The van der Waals surface area contributed by atoms with Crippen molar-refractivity contribution in [3.8, 4) is 5.75 Å². The highest BCUT2D eigenvalue weighted by Gasteiger charge is 2.09. The molecule has 3 rings (SSSR count). The number of carbonyl (C=O) groups excluding carboxylic acids is 2. The Morgan fingerprint density at radius 2 is 1.69 bits per heavy atom. The van der Waals surface area contributed by atoms with Gasteiger partial charge in [0.15, 0.2) is 6.61 Å². The summed E-state index contributed by atoms with van der Waals surface area (Å²) in [5.41, 5.74) is 6.09. The summed E-state index contributed by atoms with van der Waals surface area (Å²) in [6.45, 7) is 3.67. The van der Waals surface area contributed by atoms with Gasteiger partial charge in [0.05, 0.1) is 6.21 Å². The number of amides is 2. The zero-order valence-corrected chi connectivity index (χ0v) is 19.0. The lowest BCUT2D eigenvalue weighted by Crippen LogP contribution is -2.21. The van der Waals surface area contributed by atoms with Crippen LogP contribution in [-0.4, -0.2) is 24.6 Å². The Labute approximate surface area is 196 Å². The van der Waals surface area contributed by atoms with Crippen molar-refractivity contribution in [2.75, 3.05) is 11.9 Å². The molecule has 0 aliphatic heterocycles. The molecule has 2 amide bonds. The molecule has 0 atom stereocenters. The summed E-state index contributed by atoms with van der Waals surface area (Å²) in [7, 11) is 0. The van der Waals surface area contributed by atoms with Gasteiger partial charge in [0.2, 0.25) is 0 Å². The van der Waals surface area contributed by atoms with E-state index >= 15 is 0 Å². The lowest BCUT2D eigenvalue weighted by molar-refractivity contribution is -0.118. The van der Waals surface area contributed by atoms with Crippen molar-refractivity contribution in [3.05, 3.63) is 93.0 Å². The molecule has 0 bridgehead atoms. The number of nitrogens with zero attached hydrogens (tertiary/aromatic N) is 1. The summed E-state index contributed by atoms with van der Waals surface area (Å²) in [6.07, 6.45) is 1.40. The van der Waals surface area contributed by atoms with E-state index in [4.69, 9.17) is 27.9 Å². The molecule has 0 radical (unpaired) electrons. The minimum Gasteiger partial charge on any atom is -0.483 e. The van der Waals surface area contributed by atoms with E-state index < -0.39 is 5.91 Å². The van der Waals surface area contributed by atoms with E-state index in [9.17, 15) is 9.59 Å². The molecule has 0 unspecified atom stereocenters. The van der Waals surface area contributed by atoms with Gasteiger partial charge in [0, 0.05) is 26.9 Å². The SMILES string of the molecule is Cc1ccc(C)c(NC(=O)COc2ccc(Cl)cc2/C=N/NC(=O)c2ccc(Cl)cc2)c1. The van der Waals surface area contributed by atoms with Crippen molar-refractivity contribution >= 4 is 46.9 Å². The van der Waals surface area contributed by atoms with Crippen molar-refractivity contribution in [1.29, 1.82) is 0 Å². The maximum Gasteiger partial charge on any atom is 0.271 e. The monoisotopic (exact) mass is 469 g/mol. The standard InChI is InChI=1S/C24H21Cl2N3O3/c1-15-3-4-16(2)21(11-15)28-23(30)14-32-22-10-9-20(26)12-18(22)13-27-29-24(31)17-5-7-19(25)8-6-17/h3-13H,14H2,1-2H3,(H,28,30)(H,29,31)/b27-13+. The van der Waals surface area contributed by atoms with Crippen molar-refractivity contribution in [1.82, 2.24) is 5.43 Å². The van der Waals surface area contributed by atoms with Gasteiger partial charge in [-0.3, -0.25) is 9.59 Å². The third-order valence-corrected chi connectivity index (χ3v) is 4.96. The smallest absolute Gasteiger partial charge is 0.271 e. The van der Waals surface area contributed by atoms with Crippen LogP contribution in [0.5, 0.6) is 5.75 Å². The molecule has 8 heteroatoms. The molecule has 164 valence electrons. The minimum atomic E-state index is -0.393. The lowest BCUT2D eigenvalue weighted by atomic mass is 10.1. The Morgan fingerprint density at radius 1 is 0.969 bits per heavy atom. The van der Waals surface area contributed by atoms with Crippen molar-refractivity contribution in [3.63, 3.8) is 0 Å². The maximum absolute atomic E-state index is 12.3. The first-order valence-electron chi connectivity index (χ1n) is 9.70. The molecule has 6 nitrogen and oxygen atoms in total. The molecular formula is C24H21Cl2N3O3. The van der Waals surface area contributed by atoms with E-state index in [2.05, 4.69) is 15.8 Å². The topological polar surface area (TPSA) is 79.8 Å². The van der Waals surface area contributed by atoms with Crippen LogP contribution in [0.1, 0.15) is 27.0 Å². The number of ether oxygens (including phenoxy) is 1. The highest BCUT2D eigenvalue weighted by Crippen LogP contribution is 2.22. The van der Waals surface area contributed by atoms with Crippen LogP contribution in [0.2, 0.25) is 10.0 Å². The van der Waals surface area contributed by atoms with Crippen LogP contribution in [-0.2, 0) is 4.79 Å². The Hall–Kier alpha value is -3.35. The Morgan fingerprint density at radius 3 is 2.44 bits per heavy atom. The van der Waals surface area contributed by atoms with Crippen molar-refractivity contribution < 1.29 is 14.3 Å². The van der Waals surface area contributed by atoms with Gasteiger partial charge in [0.1, 0.15) is 5.75 Å². The summed E-state index contributed by atoms with van der Waals surface area (Å²) >= 11 is 11.9. The van der Waals surface area contributed by atoms with Gasteiger partial charge in [-0.25, -0.2) is 5.43 Å². The molecular weight excluding hydrogens is 449 g/mol. The summed E-state index contributed by atoms with van der Waals surface area (Å²) < 4.78 is 5.66. The molecule has 32 heavy (non-hydrogen) atoms. The molecule has 0 aliphatic carbocycles. The van der Waals surface area contributed by atoms with Gasteiger partial charge in [-0.05, 0) is 73.5 Å². The second-order valence-corrected chi connectivity index (χ2v) is 7.92. The number of benzene rings is 3. The largest absolute Gasteiger partial charge is 0.483 e. The molecule has 3 aromatic carbocycles. The molecule has 0 heterocycles. The zero-order chi connectivity index (χ0) is 23.1. The quantitative estimate of drug-likeness (QED) is 0.359. The third-order valence-electron chi connectivity index (χ3n) is 4.47. The molecule has 0 saturated heterocycles. The van der Waals surface area contributed by atoms with E-state index in [1.165, 1.54) is 6.21 Å². The van der Waals surface area contributed by atoms with Crippen LogP contribution in [0.15, 0.2) is 65.8 Å². The van der Waals surface area contributed by atoms with Gasteiger partial charge in [-0.2, -0.15) is 5.10 Å². The van der Waals surface area contributed by atoms with Gasteiger partial charge in [-0.1, -0.05) is 35.3 Å². The number of anilines is 1. The predicted octanol–water partition coefficient (Wildman–Crippen LogP) is 5.39. The predicted molar refractivity (Wildman–Crippen MR) is 128 cm³/mol. The second-order valence-electron chi connectivity index (χ2n) is 7.04. The summed E-state index contributed by atoms with van der Waals surface area (Å²) in [4.78, 5) is 24.5. The van der Waals surface area contributed by atoms with Gasteiger partial charge in [0.25, 0.3) is 11.8 Å². The number of hydrogen-bond acceptors (Lipinski definition) is 4. The number of rotatable bonds is 7. The van der Waals surface area contributed by atoms with Crippen molar-refractivity contribution in [2.45, 2.75) is 13.8 Å². The van der Waals surface area contributed by atoms with Gasteiger partial charge in [-0.15, -0.1) is 0 Å². The normalized spacial score (nSPS) is 10.8. The van der Waals surface area contributed by atoms with E-state index in [0.29, 0.717) is 26.9 Å². The van der Waals surface area contributed by atoms with Crippen LogP contribution in [0.25, 0.3) is 0 Å². The number of nitrogens with one attached hydrogen (secondary N) is 2. The van der Waals surface area contributed by atoms with Crippen LogP contribution < -0.4 is 15.5 Å². The van der Waals surface area contributed by atoms with Crippen LogP contribution in [0.3, 0.4) is 0 Å². The number of aryl methyl sites for hydroxylation is 2. The lowest BCUT2D eigenvalue weighted by Gasteiger charge is -2.12. The minimum absolute atomic E-state index is 0.201. The van der Waals surface area contributed by atoms with E-state index in [1.807, 2.05) is 32.0 Å². The zero-order valence-electron chi connectivity index (χ0n) is 17.5. The average Bonchev–Trinajstić information content (AvgIpc) is 2.76. The first kappa shape index (κ1) is 23.3. The fraction of sp³-hybridized carbons (Fsp3) is 0.125. The van der Waals surface area contributed by atoms with E-state index in [0.717, 1.165) is 16.8 Å². The fourth-order valence-corrected chi connectivity index (χ4v) is 3.08. The molecule has 3 aromatic rings. The fourth-order valence-electron chi connectivity index (χ4n) is 2.78. The van der Waals surface area contributed by atoms with Crippen LogP contribution >= 0.6 is 23.2 Å². The third kappa shape index (κ3) is 6.57. The molecule has 0 spiro atoms. The van der Waals surface area contributed by atoms with Crippen LogP contribution in [0.4, 0.5) is 5.69 Å². The number of carbonyl (C=O) groups is 2. The Balaban J connectivity index is 1.63. The highest BCUT2D eigenvalue weighted by atomic mass is 35.5. The van der Waals surface area contributed by atoms with Crippen molar-refractivity contribution in [2.24, 2.45) is 5.10 Å². The molecule has 0 aliphatic rings. The van der Waals surface area contributed by atoms with E-state index in [1.54, 1.807) is 42.5 Å². The molecule has 0 saturated carbocycles. The average molecular weight is 470 g/mol. The highest BCUT2D eigenvalue weighted by molar-refractivity contribution is 6.31. The van der Waals surface area contributed by atoms with Crippen LogP contribution in [0, 0.1) is 13.8 Å². The first-order chi connectivity index (χ1) is 15.3. The Kier molecular flexibility index (Phi) is 7.87. The Bertz CT molecular complexity index is 1160. The molecule has 0 fully saturated rings. The van der Waals surface area contributed by atoms with Gasteiger partial charge < -0.3 is 10.1 Å². The second kappa shape index (κ2) is 10.8.